The molecule has 3 aliphatic carbocycles. The van der Waals surface area contributed by atoms with Crippen molar-refractivity contribution in [1.29, 1.82) is 0 Å². The van der Waals surface area contributed by atoms with Gasteiger partial charge in [0.2, 0.25) is 5.78 Å². The van der Waals surface area contributed by atoms with Gasteiger partial charge in [-0.1, -0.05) is 69.8 Å². The van der Waals surface area contributed by atoms with E-state index in [9.17, 15) is 24.0 Å². The van der Waals surface area contributed by atoms with Gasteiger partial charge in [-0.3, -0.25) is 14.4 Å². The van der Waals surface area contributed by atoms with Gasteiger partial charge in [0, 0.05) is 25.8 Å². The van der Waals surface area contributed by atoms with Gasteiger partial charge in [-0.25, -0.2) is 9.59 Å². The fourth-order valence-electron chi connectivity index (χ4n) is 7.64. The van der Waals surface area contributed by atoms with Gasteiger partial charge in [0.1, 0.15) is 18.3 Å². The van der Waals surface area contributed by atoms with Gasteiger partial charge in [0.05, 0.1) is 17.0 Å². The second-order valence-corrected chi connectivity index (χ2v) is 13.7. The van der Waals surface area contributed by atoms with Crippen LogP contribution in [0.4, 0.5) is 0 Å². The third-order valence-corrected chi connectivity index (χ3v) is 10.1. The number of ketones is 1. The summed E-state index contributed by atoms with van der Waals surface area (Å²) in [6.07, 6.45) is -1.13. The molecular formula is C38H42O9. The zero-order valence-electron chi connectivity index (χ0n) is 27.7. The van der Waals surface area contributed by atoms with Crippen molar-refractivity contribution >= 4 is 29.7 Å². The van der Waals surface area contributed by atoms with Gasteiger partial charge >= 0.3 is 23.9 Å². The van der Waals surface area contributed by atoms with Crippen LogP contribution in [-0.4, -0.2) is 53.6 Å². The Kier molecular flexibility index (Phi) is 9.31. The lowest BCUT2D eigenvalue weighted by atomic mass is 9.76. The lowest BCUT2D eigenvalue weighted by Crippen LogP contribution is -2.55. The van der Waals surface area contributed by atoms with Crippen LogP contribution in [0.15, 0.2) is 84.5 Å². The molecule has 8 atom stereocenters. The van der Waals surface area contributed by atoms with E-state index in [4.69, 9.17) is 18.9 Å². The van der Waals surface area contributed by atoms with E-state index >= 15 is 0 Å². The molecule has 5 rings (SSSR count). The van der Waals surface area contributed by atoms with Crippen molar-refractivity contribution in [2.45, 2.75) is 78.3 Å². The standard InChI is InChI=1S/C38H42O9/c1-21-18-28-29(37(28,6)7)19-30(45-35(42)26-14-10-8-11-15-26)23(3)33(44-24(4)39)31-32(46-36(43)27-16-12-9-13-17-27)22(2)20-38(31,34(21)41)47-25(5)40/h8-18,22,28-33H,3,19-20H2,1-2,4-7H3/b21-18+/t22-,28+,29-,30+,31+,32-,33?,38+/m1/s1. The maximum Gasteiger partial charge on any atom is 0.338 e. The summed E-state index contributed by atoms with van der Waals surface area (Å²) in [5.41, 5.74) is -0.942. The van der Waals surface area contributed by atoms with Gasteiger partial charge in [0.15, 0.2) is 5.60 Å². The highest BCUT2D eigenvalue weighted by molar-refractivity contribution is 6.03. The molecule has 2 saturated carbocycles. The summed E-state index contributed by atoms with van der Waals surface area (Å²) in [5, 5.41) is 0. The second kappa shape index (κ2) is 12.9. The molecule has 0 radical (unpaired) electrons. The smallest absolute Gasteiger partial charge is 0.338 e. The van der Waals surface area contributed by atoms with Crippen LogP contribution in [0.5, 0.6) is 0 Å². The van der Waals surface area contributed by atoms with Crippen molar-refractivity contribution in [2.75, 3.05) is 0 Å². The number of allylic oxidation sites excluding steroid dienone is 1. The summed E-state index contributed by atoms with van der Waals surface area (Å²) in [4.78, 5) is 67.3. The maximum atomic E-state index is 14.7. The molecule has 248 valence electrons. The van der Waals surface area contributed by atoms with Crippen LogP contribution in [0, 0.1) is 29.1 Å². The molecular weight excluding hydrogens is 600 g/mol. The van der Waals surface area contributed by atoms with E-state index in [0.29, 0.717) is 17.6 Å². The highest BCUT2D eigenvalue weighted by atomic mass is 16.6. The fraction of sp³-hybridized carbons (Fsp3) is 0.447. The number of Topliss-reactive ketones (excluding diaryl/α,β-unsaturated/α-hetero) is 1. The fourth-order valence-corrected chi connectivity index (χ4v) is 7.64. The van der Waals surface area contributed by atoms with Gasteiger partial charge < -0.3 is 18.9 Å². The lowest BCUT2D eigenvalue weighted by Gasteiger charge is -2.40. The zero-order valence-corrected chi connectivity index (χ0v) is 27.7. The first-order valence-electron chi connectivity index (χ1n) is 16.0. The third-order valence-electron chi connectivity index (χ3n) is 10.1. The molecule has 2 aromatic rings. The Morgan fingerprint density at radius 1 is 0.830 bits per heavy atom. The predicted molar refractivity (Wildman–Crippen MR) is 172 cm³/mol. The summed E-state index contributed by atoms with van der Waals surface area (Å²) < 4.78 is 24.3. The maximum absolute atomic E-state index is 14.7. The molecule has 0 aromatic heterocycles. The Balaban J connectivity index is 1.68. The van der Waals surface area contributed by atoms with E-state index in [2.05, 4.69) is 20.4 Å². The van der Waals surface area contributed by atoms with E-state index in [0.717, 1.165) is 0 Å². The van der Waals surface area contributed by atoms with Crippen LogP contribution < -0.4 is 0 Å². The van der Waals surface area contributed by atoms with Crippen LogP contribution in [0.1, 0.15) is 75.1 Å². The minimum Gasteiger partial charge on any atom is -0.458 e. The molecule has 1 unspecified atom stereocenters. The van der Waals surface area contributed by atoms with Crippen molar-refractivity contribution in [2.24, 2.45) is 29.1 Å². The summed E-state index contributed by atoms with van der Waals surface area (Å²) in [6, 6.07) is 16.9. The number of hydrogen-bond acceptors (Lipinski definition) is 9. The highest BCUT2D eigenvalue weighted by Gasteiger charge is 2.66. The molecule has 0 bridgehead atoms. The minimum absolute atomic E-state index is 0.00893. The van der Waals surface area contributed by atoms with E-state index < -0.39 is 65.4 Å². The number of hydrogen-bond donors (Lipinski definition) is 0. The third kappa shape index (κ3) is 6.53. The van der Waals surface area contributed by atoms with Gasteiger partial charge in [-0.05, 0) is 66.4 Å². The van der Waals surface area contributed by atoms with Gasteiger partial charge in [-0.2, -0.15) is 0 Å². The van der Waals surface area contributed by atoms with E-state index in [-0.39, 0.29) is 34.8 Å². The average molecular weight is 643 g/mol. The number of benzene rings is 2. The van der Waals surface area contributed by atoms with Crippen LogP contribution in [0.2, 0.25) is 0 Å². The second-order valence-electron chi connectivity index (χ2n) is 13.7. The molecule has 0 saturated heterocycles. The summed E-state index contributed by atoms with van der Waals surface area (Å²) >= 11 is 0. The molecule has 9 heteroatoms. The molecule has 0 heterocycles. The molecule has 3 aliphatic rings. The van der Waals surface area contributed by atoms with Gasteiger partial charge in [-0.15, -0.1) is 0 Å². The first kappa shape index (κ1) is 33.8. The van der Waals surface area contributed by atoms with E-state index in [1.807, 2.05) is 6.08 Å². The molecule has 47 heavy (non-hydrogen) atoms. The minimum atomic E-state index is -1.89. The number of esters is 4. The Bertz CT molecular complexity index is 1610. The predicted octanol–water partition coefficient (Wildman–Crippen LogP) is 6.07. The first-order valence-corrected chi connectivity index (χ1v) is 16.0. The monoisotopic (exact) mass is 642 g/mol. The Morgan fingerprint density at radius 2 is 1.38 bits per heavy atom. The summed E-state index contributed by atoms with van der Waals surface area (Å²) in [6.45, 7) is 14.4. The largest absolute Gasteiger partial charge is 0.458 e. The van der Waals surface area contributed by atoms with Crippen molar-refractivity contribution in [3.8, 4) is 0 Å². The highest BCUT2D eigenvalue weighted by Crippen LogP contribution is 2.63. The van der Waals surface area contributed by atoms with E-state index in [1.54, 1.807) is 74.5 Å². The Labute approximate surface area is 275 Å². The number of carbonyl (C=O) groups excluding carboxylic acids is 5. The molecule has 0 spiro atoms. The van der Waals surface area contributed by atoms with Crippen LogP contribution in [0.25, 0.3) is 0 Å². The SMILES string of the molecule is C=C1C(OC(C)=O)[C@@H]2[C@H](OC(=O)c3ccccc3)[C@H](C)C[C@@]2(OC(C)=O)C(=O)/C(C)=C/[C@H]2[C@@H](C[C@@H]1OC(=O)c1ccccc1)C2(C)C. The van der Waals surface area contributed by atoms with E-state index in [1.165, 1.54) is 13.8 Å². The van der Waals surface area contributed by atoms with Crippen LogP contribution >= 0.6 is 0 Å². The van der Waals surface area contributed by atoms with Crippen LogP contribution in [0.3, 0.4) is 0 Å². The van der Waals surface area contributed by atoms with Gasteiger partial charge in [0.25, 0.3) is 0 Å². The van der Waals surface area contributed by atoms with Crippen molar-refractivity contribution in [1.82, 2.24) is 0 Å². The van der Waals surface area contributed by atoms with Crippen molar-refractivity contribution in [3.05, 3.63) is 95.6 Å². The van der Waals surface area contributed by atoms with Crippen LogP contribution in [-0.2, 0) is 33.3 Å². The first-order chi connectivity index (χ1) is 22.2. The quantitative estimate of drug-likeness (QED) is 0.210. The zero-order chi connectivity index (χ0) is 34.3. The molecule has 0 aliphatic heterocycles. The number of fused-ring (bicyclic) bond motifs is 2. The molecule has 2 fully saturated rings. The number of carbonyl (C=O) groups is 5. The number of ether oxygens (including phenoxy) is 4. The van der Waals surface area contributed by atoms with Crippen molar-refractivity contribution < 1.29 is 42.9 Å². The number of rotatable bonds is 6. The summed E-state index contributed by atoms with van der Waals surface area (Å²) in [5.74, 6) is -4.93. The molecule has 0 N–H and O–H groups in total. The molecule has 2 aromatic carbocycles. The topological polar surface area (TPSA) is 122 Å². The Morgan fingerprint density at radius 3 is 1.91 bits per heavy atom. The molecule has 9 nitrogen and oxygen atoms in total. The lowest BCUT2D eigenvalue weighted by molar-refractivity contribution is -0.179. The normalized spacial score (nSPS) is 32.3. The molecule has 0 amide bonds. The Hall–Kier alpha value is -4.53. The summed E-state index contributed by atoms with van der Waals surface area (Å²) in [7, 11) is 0. The average Bonchev–Trinajstić information content (AvgIpc) is 3.41. The van der Waals surface area contributed by atoms with Crippen molar-refractivity contribution in [3.63, 3.8) is 0 Å².